The van der Waals surface area contributed by atoms with Gasteiger partial charge in [0.25, 0.3) is 5.56 Å². The van der Waals surface area contributed by atoms with E-state index in [-0.39, 0.29) is 17.9 Å². The molecule has 5 rings (SSSR count). The van der Waals surface area contributed by atoms with E-state index in [1.165, 1.54) is 10.6 Å². The number of carbonyl (C=O) groups is 1. The van der Waals surface area contributed by atoms with Crippen LogP contribution >= 0.6 is 0 Å². The number of allylic oxidation sites excluding steroid dienone is 1. The number of aliphatic hydroxyl groups excluding tert-OH is 1. The smallest absolute Gasteiger partial charge is 0.266 e. The van der Waals surface area contributed by atoms with Crippen LogP contribution in [0.3, 0.4) is 0 Å². The van der Waals surface area contributed by atoms with Gasteiger partial charge in [-0.3, -0.25) is 19.2 Å². The average Bonchev–Trinajstić information content (AvgIpc) is 3.29. The number of anilines is 1. The first kappa shape index (κ1) is 20.8. The monoisotopic (exact) mass is 440 g/mol. The van der Waals surface area contributed by atoms with Gasteiger partial charge in [0, 0.05) is 5.56 Å². The van der Waals surface area contributed by atoms with Crippen molar-refractivity contribution in [2.45, 2.75) is 6.29 Å². The van der Waals surface area contributed by atoms with Crippen LogP contribution in [0.5, 0.6) is 0 Å². The van der Waals surface area contributed by atoms with E-state index in [0.717, 1.165) is 5.69 Å². The highest BCUT2D eigenvalue weighted by atomic mass is 16.8. The molecule has 0 saturated carbocycles. The maximum atomic E-state index is 13.2. The minimum absolute atomic E-state index is 0.203. The van der Waals surface area contributed by atoms with Crippen molar-refractivity contribution in [1.29, 1.82) is 0 Å². The second kappa shape index (κ2) is 8.79. The van der Waals surface area contributed by atoms with Gasteiger partial charge in [0.1, 0.15) is 5.82 Å². The highest BCUT2D eigenvalue weighted by Crippen LogP contribution is 2.18. The lowest BCUT2D eigenvalue weighted by molar-refractivity contribution is -0.0950. The van der Waals surface area contributed by atoms with Crippen molar-refractivity contribution in [2.75, 3.05) is 11.6 Å². The number of benzene rings is 3. The van der Waals surface area contributed by atoms with Crippen molar-refractivity contribution in [3.63, 3.8) is 0 Å². The summed E-state index contributed by atoms with van der Waals surface area (Å²) in [6, 6.07) is 23.2. The van der Waals surface area contributed by atoms with Gasteiger partial charge in [-0.05, 0) is 60.7 Å². The van der Waals surface area contributed by atoms with Crippen LogP contribution in [-0.2, 0) is 4.84 Å². The summed E-state index contributed by atoms with van der Waals surface area (Å²) in [5.74, 6) is 0.136. The third-order valence-corrected chi connectivity index (χ3v) is 5.30. The van der Waals surface area contributed by atoms with E-state index in [4.69, 9.17) is 4.84 Å². The second-order valence-electron chi connectivity index (χ2n) is 7.48. The van der Waals surface area contributed by atoms with E-state index in [1.54, 1.807) is 53.5 Å². The molecule has 33 heavy (non-hydrogen) atoms. The Bertz CT molecular complexity index is 1400. The first-order chi connectivity index (χ1) is 16.1. The molecule has 0 spiro atoms. The standard InChI is InChI=1S/C25H20N4O4/c30-22(17-10-12-18(13-11-17)28-16-24(31)33-27-28)14-15-23-26-21-9-5-4-8-20(21)25(32)29(23)19-6-2-1-3-7-19/h1-15,24,27,31H,16H2/b15-14+. The molecule has 0 aliphatic carbocycles. The third kappa shape index (κ3) is 4.18. The maximum Gasteiger partial charge on any atom is 0.266 e. The number of aromatic nitrogens is 2. The highest BCUT2D eigenvalue weighted by molar-refractivity contribution is 6.06. The number of nitrogens with one attached hydrogen (secondary N) is 1. The molecule has 4 aromatic rings. The Kier molecular flexibility index (Phi) is 5.54. The number of rotatable bonds is 5. The summed E-state index contributed by atoms with van der Waals surface area (Å²) in [5, 5.41) is 11.6. The minimum atomic E-state index is -0.911. The summed E-state index contributed by atoms with van der Waals surface area (Å²) in [6.07, 6.45) is 2.06. The van der Waals surface area contributed by atoms with Gasteiger partial charge in [0.2, 0.25) is 0 Å². The van der Waals surface area contributed by atoms with Crippen molar-refractivity contribution in [3.8, 4) is 5.69 Å². The summed E-state index contributed by atoms with van der Waals surface area (Å²) in [7, 11) is 0. The van der Waals surface area contributed by atoms with Gasteiger partial charge in [0.05, 0.1) is 28.8 Å². The molecule has 8 heteroatoms. The van der Waals surface area contributed by atoms with Crippen LogP contribution in [0, 0.1) is 0 Å². The molecule has 3 aromatic carbocycles. The second-order valence-corrected chi connectivity index (χ2v) is 7.48. The van der Waals surface area contributed by atoms with Gasteiger partial charge in [0.15, 0.2) is 12.1 Å². The number of nitrogens with zero attached hydrogens (tertiary/aromatic N) is 3. The molecule has 1 aliphatic heterocycles. The van der Waals surface area contributed by atoms with Crippen LogP contribution in [-0.4, -0.2) is 33.3 Å². The molecule has 0 radical (unpaired) electrons. The van der Waals surface area contributed by atoms with Crippen molar-refractivity contribution in [1.82, 2.24) is 15.1 Å². The number of ketones is 1. The summed E-state index contributed by atoms with van der Waals surface area (Å²) in [6.45, 7) is 0.276. The Morgan fingerprint density at radius 3 is 2.45 bits per heavy atom. The molecule has 0 bridgehead atoms. The average molecular weight is 440 g/mol. The molecule has 1 aromatic heterocycles. The van der Waals surface area contributed by atoms with Gasteiger partial charge >= 0.3 is 0 Å². The molecule has 8 nitrogen and oxygen atoms in total. The van der Waals surface area contributed by atoms with E-state index >= 15 is 0 Å². The molecule has 1 unspecified atom stereocenters. The molecule has 2 heterocycles. The lowest BCUT2D eigenvalue weighted by atomic mass is 10.1. The summed E-state index contributed by atoms with van der Waals surface area (Å²) >= 11 is 0. The number of hydrazine groups is 1. The number of carbonyl (C=O) groups excluding carboxylic acids is 1. The minimum Gasteiger partial charge on any atom is -0.365 e. The quantitative estimate of drug-likeness (QED) is 0.364. The number of β-amino-alcohol motifs (C(OH)–C–C–N with tert-alkyl or cyclic N) is 1. The van der Waals surface area contributed by atoms with Gasteiger partial charge < -0.3 is 5.11 Å². The van der Waals surface area contributed by atoms with Crippen LogP contribution < -0.4 is 16.2 Å². The van der Waals surface area contributed by atoms with Crippen molar-refractivity contribution in [2.24, 2.45) is 0 Å². The number of hydrogen-bond acceptors (Lipinski definition) is 7. The normalized spacial score (nSPS) is 16.0. The topological polar surface area (TPSA) is 96.7 Å². The Balaban J connectivity index is 1.48. The van der Waals surface area contributed by atoms with Gasteiger partial charge in [-0.2, -0.15) is 0 Å². The Morgan fingerprint density at radius 1 is 1.00 bits per heavy atom. The number of hydrogen-bond donors (Lipinski definition) is 2. The van der Waals surface area contributed by atoms with Crippen LogP contribution in [0.1, 0.15) is 16.2 Å². The summed E-state index contributed by atoms with van der Waals surface area (Å²) in [5.41, 5.74) is 4.86. The Hall–Kier alpha value is -4.11. The predicted octanol–water partition coefficient (Wildman–Crippen LogP) is 2.86. The van der Waals surface area contributed by atoms with Crippen LogP contribution in [0.25, 0.3) is 22.7 Å². The molecule has 1 atom stereocenters. The zero-order valence-electron chi connectivity index (χ0n) is 17.5. The van der Waals surface area contributed by atoms with Crippen molar-refractivity contribution < 1.29 is 14.7 Å². The number of fused-ring (bicyclic) bond motifs is 1. The molecule has 2 N–H and O–H groups in total. The third-order valence-electron chi connectivity index (χ3n) is 5.30. The SMILES string of the molecule is O=C(/C=C/c1nc2ccccc2c(=O)n1-c1ccccc1)c1ccc(N2CC(O)ON2)cc1. The van der Waals surface area contributed by atoms with Gasteiger partial charge in [-0.25, -0.2) is 9.82 Å². The molecule has 0 amide bonds. The van der Waals surface area contributed by atoms with Gasteiger partial charge in [-0.1, -0.05) is 30.3 Å². The molecule has 1 fully saturated rings. The zero-order chi connectivity index (χ0) is 22.8. The van der Waals surface area contributed by atoms with E-state index in [9.17, 15) is 14.7 Å². The Morgan fingerprint density at radius 2 is 1.73 bits per heavy atom. The van der Waals surface area contributed by atoms with Gasteiger partial charge in [-0.15, -0.1) is 5.59 Å². The lowest BCUT2D eigenvalue weighted by Crippen LogP contribution is -2.29. The fraction of sp³-hybridized carbons (Fsp3) is 0.0800. The van der Waals surface area contributed by atoms with E-state index in [0.29, 0.717) is 28.0 Å². The fourth-order valence-electron chi connectivity index (χ4n) is 3.65. The van der Waals surface area contributed by atoms with Crippen LogP contribution in [0.2, 0.25) is 0 Å². The summed E-state index contributed by atoms with van der Waals surface area (Å²) in [4.78, 5) is 35.5. The fourth-order valence-corrected chi connectivity index (χ4v) is 3.65. The summed E-state index contributed by atoms with van der Waals surface area (Å²) < 4.78 is 1.50. The van der Waals surface area contributed by atoms with Crippen LogP contribution in [0.4, 0.5) is 5.69 Å². The maximum absolute atomic E-state index is 13.2. The lowest BCUT2D eigenvalue weighted by Gasteiger charge is -2.15. The Labute approximate surface area is 188 Å². The molecule has 1 aliphatic rings. The first-order valence-corrected chi connectivity index (χ1v) is 10.4. The number of aliphatic hydroxyl groups is 1. The van der Waals surface area contributed by atoms with Crippen molar-refractivity contribution >= 4 is 28.4 Å². The molecule has 164 valence electrons. The molecular weight excluding hydrogens is 420 g/mol. The molecular formula is C25H20N4O4. The largest absolute Gasteiger partial charge is 0.365 e. The van der Waals surface area contributed by atoms with Crippen LogP contribution in [0.15, 0.2) is 89.7 Å². The van der Waals surface area contributed by atoms with E-state index in [1.807, 2.05) is 36.4 Å². The predicted molar refractivity (Wildman–Crippen MR) is 125 cm³/mol. The van der Waals surface area contributed by atoms with E-state index in [2.05, 4.69) is 10.6 Å². The first-order valence-electron chi connectivity index (χ1n) is 10.4. The zero-order valence-corrected chi connectivity index (χ0v) is 17.5. The number of para-hydroxylation sites is 2. The molecule has 1 saturated heterocycles. The van der Waals surface area contributed by atoms with Crippen molar-refractivity contribution in [3.05, 3.63) is 107 Å². The van der Waals surface area contributed by atoms with E-state index < -0.39 is 6.29 Å². The highest BCUT2D eigenvalue weighted by Gasteiger charge is 2.21.